The number of piperazine rings is 1. The van der Waals surface area contributed by atoms with Crippen molar-refractivity contribution in [2.75, 3.05) is 57.8 Å². The molecule has 2 amide bonds. The van der Waals surface area contributed by atoms with Crippen molar-refractivity contribution in [1.29, 1.82) is 0 Å². The lowest BCUT2D eigenvalue weighted by Gasteiger charge is -2.44. The first kappa shape index (κ1) is 25.5. The molecule has 4 heterocycles. The third-order valence-corrected chi connectivity index (χ3v) is 8.07. The zero-order chi connectivity index (χ0) is 26.0. The van der Waals surface area contributed by atoms with E-state index in [2.05, 4.69) is 76.7 Å². The fourth-order valence-corrected chi connectivity index (χ4v) is 5.82. The lowest BCUT2D eigenvalue weighted by molar-refractivity contribution is -0.0767. The Labute approximate surface area is 220 Å². The van der Waals surface area contributed by atoms with Gasteiger partial charge in [-0.3, -0.25) is 4.90 Å². The van der Waals surface area contributed by atoms with Gasteiger partial charge in [0.15, 0.2) is 0 Å². The number of likely N-dealkylation sites (tertiary alicyclic amines) is 1. The van der Waals surface area contributed by atoms with Gasteiger partial charge in [0.05, 0.1) is 11.2 Å². The Bertz CT molecular complexity index is 1210. The first-order valence-electron chi connectivity index (χ1n) is 13.6. The van der Waals surface area contributed by atoms with Crippen molar-refractivity contribution >= 4 is 17.2 Å². The molecule has 1 aromatic carbocycles. The Morgan fingerprint density at radius 2 is 1.84 bits per heavy atom. The van der Waals surface area contributed by atoms with Crippen LogP contribution in [0.2, 0.25) is 0 Å². The van der Waals surface area contributed by atoms with Crippen LogP contribution < -0.4 is 10.2 Å². The van der Waals surface area contributed by atoms with Crippen LogP contribution in [0.1, 0.15) is 39.2 Å². The third-order valence-electron chi connectivity index (χ3n) is 8.07. The summed E-state index contributed by atoms with van der Waals surface area (Å²) in [5, 5.41) is 7.48. The average Bonchev–Trinajstić information content (AvgIpc) is 3.38. The van der Waals surface area contributed by atoms with E-state index in [-0.39, 0.29) is 11.6 Å². The lowest BCUT2D eigenvalue weighted by atomic mass is 9.84. The highest BCUT2D eigenvalue weighted by atomic mass is 16.5. The van der Waals surface area contributed by atoms with Crippen LogP contribution >= 0.6 is 0 Å². The maximum atomic E-state index is 12.2. The second kappa shape index (κ2) is 10.7. The molecule has 0 spiro atoms. The first-order valence-corrected chi connectivity index (χ1v) is 13.6. The second-order valence-corrected chi connectivity index (χ2v) is 10.5. The molecule has 0 radical (unpaired) electrons. The molecule has 0 unspecified atom stereocenters. The van der Waals surface area contributed by atoms with E-state index in [1.807, 2.05) is 29.6 Å². The van der Waals surface area contributed by atoms with Crippen molar-refractivity contribution in [1.82, 2.24) is 24.7 Å². The molecule has 0 aliphatic carbocycles. The lowest BCUT2D eigenvalue weighted by Crippen LogP contribution is -2.51. The third kappa shape index (κ3) is 5.05. The SMILES string of the molecule is CCNC(=O)N1CCN(c2ccnn3cc(-c4ccc([C@]5(OC)CCCN(C(C)C)C5)cc4)cc23)CC1. The van der Waals surface area contributed by atoms with Gasteiger partial charge in [0, 0.05) is 70.4 Å². The number of nitrogens with zero attached hydrogens (tertiary/aromatic N) is 5. The zero-order valence-corrected chi connectivity index (χ0v) is 22.6. The number of amides is 2. The summed E-state index contributed by atoms with van der Waals surface area (Å²) in [6, 6.07) is 13.7. The number of carbonyl (C=O) groups excluding carboxylic acids is 1. The molecule has 37 heavy (non-hydrogen) atoms. The van der Waals surface area contributed by atoms with Gasteiger partial charge >= 0.3 is 6.03 Å². The van der Waals surface area contributed by atoms with Crippen LogP contribution in [0, 0.1) is 0 Å². The Balaban J connectivity index is 1.36. The molecule has 2 aliphatic rings. The Morgan fingerprint density at radius 1 is 1.08 bits per heavy atom. The number of aromatic nitrogens is 2. The van der Waals surface area contributed by atoms with Gasteiger partial charge in [0.25, 0.3) is 0 Å². The molecule has 2 aromatic heterocycles. The van der Waals surface area contributed by atoms with Crippen molar-refractivity contribution in [2.45, 2.75) is 45.3 Å². The summed E-state index contributed by atoms with van der Waals surface area (Å²) in [5.41, 5.74) is 5.55. The maximum Gasteiger partial charge on any atom is 0.317 e. The van der Waals surface area contributed by atoms with Crippen LogP contribution in [0.3, 0.4) is 0 Å². The van der Waals surface area contributed by atoms with E-state index in [0.717, 1.165) is 55.8 Å². The van der Waals surface area contributed by atoms with Gasteiger partial charge in [-0.2, -0.15) is 5.10 Å². The number of benzene rings is 1. The number of nitrogens with one attached hydrogen (secondary N) is 1. The second-order valence-electron chi connectivity index (χ2n) is 10.5. The maximum absolute atomic E-state index is 12.2. The van der Waals surface area contributed by atoms with E-state index in [1.165, 1.54) is 11.1 Å². The summed E-state index contributed by atoms with van der Waals surface area (Å²) in [4.78, 5) is 19.0. The Kier molecular flexibility index (Phi) is 7.40. The van der Waals surface area contributed by atoms with Gasteiger partial charge in [0.2, 0.25) is 0 Å². The molecular formula is C29H40N6O2. The van der Waals surface area contributed by atoms with Crippen LogP contribution in [0.5, 0.6) is 0 Å². The van der Waals surface area contributed by atoms with Crippen molar-refractivity contribution in [3.63, 3.8) is 0 Å². The number of fused-ring (bicyclic) bond motifs is 1. The number of anilines is 1. The molecule has 2 aliphatic heterocycles. The predicted octanol–water partition coefficient (Wildman–Crippen LogP) is 4.20. The molecule has 2 fully saturated rings. The van der Waals surface area contributed by atoms with E-state index >= 15 is 0 Å². The summed E-state index contributed by atoms with van der Waals surface area (Å²) in [7, 11) is 1.85. The van der Waals surface area contributed by atoms with Gasteiger partial charge in [-0.05, 0) is 63.4 Å². The van der Waals surface area contributed by atoms with Gasteiger partial charge in [-0.25, -0.2) is 9.31 Å². The van der Waals surface area contributed by atoms with E-state index < -0.39 is 0 Å². The summed E-state index contributed by atoms with van der Waals surface area (Å²) >= 11 is 0. The van der Waals surface area contributed by atoms with Crippen LogP contribution in [-0.2, 0) is 10.3 Å². The molecule has 3 aromatic rings. The van der Waals surface area contributed by atoms with Crippen molar-refractivity contribution in [3.8, 4) is 11.1 Å². The van der Waals surface area contributed by atoms with E-state index in [1.54, 1.807) is 0 Å². The molecule has 0 saturated carbocycles. The fraction of sp³-hybridized carbons (Fsp3) is 0.517. The van der Waals surface area contributed by atoms with Crippen molar-refractivity contribution < 1.29 is 9.53 Å². The molecule has 1 N–H and O–H groups in total. The minimum atomic E-state index is -0.253. The quantitative estimate of drug-likeness (QED) is 0.545. The van der Waals surface area contributed by atoms with Gasteiger partial charge in [0.1, 0.15) is 5.60 Å². The summed E-state index contributed by atoms with van der Waals surface area (Å²) < 4.78 is 8.13. The molecule has 8 heteroatoms. The number of piperidine rings is 1. The first-order chi connectivity index (χ1) is 17.9. The molecule has 2 saturated heterocycles. The largest absolute Gasteiger partial charge is 0.372 e. The number of rotatable bonds is 6. The number of urea groups is 1. The number of carbonyl (C=O) groups is 1. The number of methoxy groups -OCH3 is 1. The molecule has 8 nitrogen and oxygen atoms in total. The molecule has 0 bridgehead atoms. The smallest absolute Gasteiger partial charge is 0.317 e. The fourth-order valence-electron chi connectivity index (χ4n) is 5.82. The minimum absolute atomic E-state index is 0.0239. The topological polar surface area (TPSA) is 65.4 Å². The summed E-state index contributed by atoms with van der Waals surface area (Å²) in [6.45, 7) is 12.2. The molecular weight excluding hydrogens is 464 g/mol. The normalized spacial score (nSPS) is 21.1. The molecule has 198 valence electrons. The Morgan fingerprint density at radius 3 is 2.51 bits per heavy atom. The van der Waals surface area contributed by atoms with Crippen LogP contribution in [0.25, 0.3) is 16.6 Å². The van der Waals surface area contributed by atoms with Gasteiger partial charge < -0.3 is 19.9 Å². The summed E-state index contributed by atoms with van der Waals surface area (Å²) in [6.07, 6.45) is 6.15. The highest BCUT2D eigenvalue weighted by molar-refractivity contribution is 5.80. The summed E-state index contributed by atoms with van der Waals surface area (Å²) in [5.74, 6) is 0. The van der Waals surface area contributed by atoms with E-state index in [4.69, 9.17) is 4.74 Å². The minimum Gasteiger partial charge on any atom is -0.372 e. The number of hydrogen-bond donors (Lipinski definition) is 1. The van der Waals surface area contributed by atoms with Crippen LogP contribution in [0.4, 0.5) is 10.5 Å². The van der Waals surface area contributed by atoms with Crippen LogP contribution in [0.15, 0.2) is 48.8 Å². The molecule has 5 rings (SSSR count). The van der Waals surface area contributed by atoms with Crippen molar-refractivity contribution in [2.24, 2.45) is 0 Å². The monoisotopic (exact) mass is 504 g/mol. The van der Waals surface area contributed by atoms with Gasteiger partial charge in [-0.1, -0.05) is 24.3 Å². The molecule has 1 atom stereocenters. The standard InChI is InChI=1S/C29H40N6O2/c1-5-30-28(36)33-17-15-32(16-18-33)26-11-13-31-35-20-24(19-27(26)35)23-7-9-25(10-8-23)29(37-4)12-6-14-34(21-29)22(2)3/h7-11,13,19-20,22H,5-6,12,14-18,21H2,1-4H3,(H,30,36)/t29-/m0/s1. The predicted molar refractivity (Wildman–Crippen MR) is 148 cm³/mol. The average molecular weight is 505 g/mol. The van der Waals surface area contributed by atoms with Gasteiger partial charge in [-0.15, -0.1) is 0 Å². The highest BCUT2D eigenvalue weighted by Crippen LogP contribution is 2.37. The zero-order valence-electron chi connectivity index (χ0n) is 22.6. The Hall–Kier alpha value is -3.10. The number of ether oxygens (including phenoxy) is 1. The van der Waals surface area contributed by atoms with E-state index in [0.29, 0.717) is 25.7 Å². The van der Waals surface area contributed by atoms with Crippen molar-refractivity contribution in [3.05, 3.63) is 54.4 Å². The highest BCUT2D eigenvalue weighted by Gasteiger charge is 2.38. The van der Waals surface area contributed by atoms with E-state index in [9.17, 15) is 4.79 Å². The number of hydrogen-bond acceptors (Lipinski definition) is 5. The van der Waals surface area contributed by atoms with Crippen LogP contribution in [-0.4, -0.2) is 84.4 Å².